The first-order valence-corrected chi connectivity index (χ1v) is 15.7. The third-order valence-corrected chi connectivity index (χ3v) is 8.97. The number of sulfonamides is 1. The third-order valence-electron chi connectivity index (χ3n) is 7.56. The normalized spacial score (nSPS) is 17.8. The predicted octanol–water partition coefficient (Wildman–Crippen LogP) is 6.38. The lowest BCUT2D eigenvalue weighted by atomic mass is 10.1. The number of piperazine rings is 1. The van der Waals surface area contributed by atoms with E-state index >= 15 is 0 Å². The summed E-state index contributed by atoms with van der Waals surface area (Å²) in [6, 6.07) is 15.9. The zero-order valence-electron chi connectivity index (χ0n) is 23.4. The number of allylic oxidation sites excluding steroid dienone is 4. The quantitative estimate of drug-likeness (QED) is 0.282. The molecule has 1 saturated carbocycles. The van der Waals surface area contributed by atoms with Crippen LogP contribution in [0.5, 0.6) is 0 Å². The summed E-state index contributed by atoms with van der Waals surface area (Å²) in [6.07, 6.45) is 11.9. The van der Waals surface area contributed by atoms with Gasteiger partial charge in [0.1, 0.15) is 10.7 Å². The van der Waals surface area contributed by atoms with Gasteiger partial charge in [-0.1, -0.05) is 54.1 Å². The van der Waals surface area contributed by atoms with Crippen molar-refractivity contribution in [1.82, 2.24) is 14.9 Å². The molecular weight excluding hydrogens is 539 g/mol. The molecule has 41 heavy (non-hydrogen) atoms. The maximum absolute atomic E-state index is 14.5. The molecule has 2 aliphatic rings. The maximum Gasteiger partial charge on any atom is 0.264 e. The lowest BCUT2D eigenvalue weighted by Gasteiger charge is -2.34. The molecule has 1 N–H and O–H groups in total. The Kier molecular flexibility index (Phi) is 9.61. The number of rotatable bonds is 10. The van der Waals surface area contributed by atoms with Crippen LogP contribution >= 0.6 is 0 Å². The number of anilines is 1. The summed E-state index contributed by atoms with van der Waals surface area (Å²) in [5.41, 5.74) is 3.98. The van der Waals surface area contributed by atoms with Crippen molar-refractivity contribution >= 4 is 26.6 Å². The van der Waals surface area contributed by atoms with Gasteiger partial charge >= 0.3 is 0 Å². The van der Waals surface area contributed by atoms with E-state index in [0.29, 0.717) is 24.4 Å². The molecule has 0 bridgehead atoms. The lowest BCUT2D eigenvalue weighted by molar-refractivity contribution is -0.185. The lowest BCUT2D eigenvalue weighted by Crippen LogP contribution is -2.46. The van der Waals surface area contributed by atoms with Gasteiger partial charge in [0.25, 0.3) is 10.0 Å². The van der Waals surface area contributed by atoms with E-state index in [1.54, 1.807) is 43.5 Å². The van der Waals surface area contributed by atoms with Gasteiger partial charge in [-0.2, -0.15) is 5.06 Å². The highest BCUT2D eigenvalue weighted by atomic mass is 32.2. The van der Waals surface area contributed by atoms with Crippen molar-refractivity contribution in [2.24, 2.45) is 0 Å². The van der Waals surface area contributed by atoms with Crippen molar-refractivity contribution < 1.29 is 17.6 Å². The van der Waals surface area contributed by atoms with E-state index in [9.17, 15) is 12.8 Å². The van der Waals surface area contributed by atoms with Crippen LogP contribution in [-0.4, -0.2) is 56.1 Å². The molecule has 5 rings (SSSR count). The number of fused-ring (bicyclic) bond motifs is 1. The van der Waals surface area contributed by atoms with Gasteiger partial charge in [0.2, 0.25) is 0 Å². The predicted molar refractivity (Wildman–Crippen MR) is 161 cm³/mol. The van der Waals surface area contributed by atoms with E-state index in [0.717, 1.165) is 55.5 Å². The number of aromatic nitrogens is 1. The monoisotopic (exact) mass is 576 g/mol. The maximum atomic E-state index is 14.5. The molecule has 2 fully saturated rings. The highest BCUT2D eigenvalue weighted by molar-refractivity contribution is 7.93. The molecule has 1 aliphatic heterocycles. The molecule has 0 unspecified atom stereocenters. The smallest absolute Gasteiger partial charge is 0.264 e. The van der Waals surface area contributed by atoms with E-state index < -0.39 is 10.0 Å². The summed E-state index contributed by atoms with van der Waals surface area (Å²) in [5.74, 6) is -0.155. The molecule has 1 aromatic heterocycles. The molecule has 1 saturated heterocycles. The number of benzene rings is 2. The molecule has 3 aromatic rings. The van der Waals surface area contributed by atoms with Gasteiger partial charge in [-0.3, -0.25) is 19.4 Å². The minimum Gasteiger partial charge on any atom is -0.296 e. The summed E-state index contributed by atoms with van der Waals surface area (Å²) < 4.78 is 43.3. The Labute approximate surface area is 242 Å². The number of hydrogen-bond donors (Lipinski definition) is 1. The molecule has 9 heteroatoms. The molecule has 0 spiro atoms. The van der Waals surface area contributed by atoms with Crippen molar-refractivity contribution in [3.63, 3.8) is 0 Å². The van der Waals surface area contributed by atoms with E-state index in [2.05, 4.69) is 20.7 Å². The summed E-state index contributed by atoms with van der Waals surface area (Å²) in [4.78, 5) is 12.7. The number of nitrogens with zero attached hydrogens (tertiary/aromatic N) is 3. The van der Waals surface area contributed by atoms with Crippen LogP contribution in [0.15, 0.2) is 101 Å². The molecule has 0 atom stereocenters. The fourth-order valence-electron chi connectivity index (χ4n) is 5.20. The van der Waals surface area contributed by atoms with Crippen LogP contribution in [0.3, 0.4) is 0 Å². The van der Waals surface area contributed by atoms with Crippen molar-refractivity contribution in [2.45, 2.75) is 44.1 Å². The molecule has 2 heterocycles. The van der Waals surface area contributed by atoms with Crippen LogP contribution in [0.25, 0.3) is 10.9 Å². The standard InChI is InChI=1S/C32H37FN4O3S/c1-2-30(33)28(15-12-25-7-3-4-8-25)23-36-19-21-37(22-20-36)40-24-26-13-16-29(17-14-26)35-41(38,39)31-11-5-9-27-10-6-18-34-32(27)31/h2,5-6,9-18,35H,3-4,7-8,19-24H2,1H3/b28-15-,30-2+. The Balaban J connectivity index is 1.11. The highest BCUT2D eigenvalue weighted by Crippen LogP contribution is 2.25. The van der Waals surface area contributed by atoms with Gasteiger partial charge in [0.05, 0.1) is 12.1 Å². The molecule has 1 aliphatic carbocycles. The zero-order valence-corrected chi connectivity index (χ0v) is 24.2. The Bertz CT molecular complexity index is 1530. The Morgan fingerprint density at radius 3 is 2.49 bits per heavy atom. The summed E-state index contributed by atoms with van der Waals surface area (Å²) in [7, 11) is -3.80. The fraction of sp³-hybridized carbons (Fsp3) is 0.344. The number of hydroxylamine groups is 2. The van der Waals surface area contributed by atoms with E-state index in [1.165, 1.54) is 24.5 Å². The first-order chi connectivity index (χ1) is 19.9. The molecule has 0 amide bonds. The van der Waals surface area contributed by atoms with Crippen LogP contribution in [0.4, 0.5) is 10.1 Å². The van der Waals surface area contributed by atoms with Crippen LogP contribution in [-0.2, 0) is 21.5 Å². The second-order valence-corrected chi connectivity index (χ2v) is 12.1. The van der Waals surface area contributed by atoms with Crippen molar-refractivity contribution in [3.05, 3.63) is 102 Å². The molecule has 0 radical (unpaired) electrons. The Hall–Kier alpha value is -3.37. The summed E-state index contributed by atoms with van der Waals surface area (Å²) in [5, 5.41) is 2.71. The average molecular weight is 577 g/mol. The average Bonchev–Trinajstić information content (AvgIpc) is 3.52. The minimum atomic E-state index is -3.80. The number of halogens is 1. The molecule has 7 nitrogen and oxygen atoms in total. The van der Waals surface area contributed by atoms with Gasteiger partial charge in [-0.25, -0.2) is 12.8 Å². The van der Waals surface area contributed by atoms with Crippen LogP contribution < -0.4 is 4.72 Å². The van der Waals surface area contributed by atoms with Gasteiger partial charge in [0.15, 0.2) is 0 Å². The van der Waals surface area contributed by atoms with Crippen molar-refractivity contribution in [2.75, 3.05) is 37.4 Å². The largest absolute Gasteiger partial charge is 0.296 e. The first kappa shape index (κ1) is 29.1. The van der Waals surface area contributed by atoms with Gasteiger partial charge < -0.3 is 0 Å². The minimum absolute atomic E-state index is 0.143. The first-order valence-electron chi connectivity index (χ1n) is 14.2. The second kappa shape index (κ2) is 13.5. The zero-order chi connectivity index (χ0) is 28.7. The highest BCUT2D eigenvalue weighted by Gasteiger charge is 2.20. The van der Waals surface area contributed by atoms with Gasteiger partial charge in [0, 0.05) is 55.6 Å². The van der Waals surface area contributed by atoms with Gasteiger partial charge in [-0.05, 0) is 62.4 Å². The van der Waals surface area contributed by atoms with E-state index in [-0.39, 0.29) is 10.7 Å². The topological polar surface area (TPSA) is 74.8 Å². The van der Waals surface area contributed by atoms with Crippen molar-refractivity contribution in [3.8, 4) is 0 Å². The van der Waals surface area contributed by atoms with Crippen LogP contribution in [0.2, 0.25) is 0 Å². The fourth-order valence-corrected chi connectivity index (χ4v) is 6.44. The number of pyridine rings is 1. The number of para-hydroxylation sites is 1. The number of hydrogen-bond acceptors (Lipinski definition) is 6. The molecule has 216 valence electrons. The Morgan fingerprint density at radius 1 is 1.02 bits per heavy atom. The number of nitrogens with one attached hydrogen (secondary N) is 1. The van der Waals surface area contributed by atoms with E-state index in [1.807, 2.05) is 35.4 Å². The van der Waals surface area contributed by atoms with Crippen molar-refractivity contribution in [1.29, 1.82) is 0 Å². The molecular formula is C32H37FN4O3S. The summed E-state index contributed by atoms with van der Waals surface area (Å²) >= 11 is 0. The van der Waals surface area contributed by atoms with Crippen LogP contribution in [0.1, 0.15) is 38.2 Å². The Morgan fingerprint density at radius 2 is 1.76 bits per heavy atom. The second-order valence-electron chi connectivity index (χ2n) is 10.5. The SMILES string of the molecule is C/C=C(F)\C(=C/C=C1CCCC1)CN1CCN(OCc2ccc(NS(=O)(=O)c3cccc4cccnc34)cc2)CC1. The molecule has 2 aromatic carbocycles. The third kappa shape index (κ3) is 7.68. The van der Waals surface area contributed by atoms with Gasteiger partial charge in [-0.15, -0.1) is 0 Å². The van der Waals surface area contributed by atoms with Crippen LogP contribution in [0, 0.1) is 0 Å². The van der Waals surface area contributed by atoms with E-state index in [4.69, 9.17) is 4.84 Å². The summed E-state index contributed by atoms with van der Waals surface area (Å²) in [6.45, 7) is 5.72.